The van der Waals surface area contributed by atoms with Gasteiger partial charge in [0.25, 0.3) is 0 Å². The van der Waals surface area contributed by atoms with Crippen LogP contribution in [0.3, 0.4) is 0 Å². The van der Waals surface area contributed by atoms with Crippen LogP contribution >= 0.6 is 11.6 Å². The number of aryl methyl sites for hydroxylation is 1. The van der Waals surface area contributed by atoms with E-state index in [1.54, 1.807) is 18.2 Å². The summed E-state index contributed by atoms with van der Waals surface area (Å²) in [6.07, 6.45) is 1.48. The largest absolute Gasteiger partial charge is 0.487 e. The molecule has 0 unspecified atom stereocenters. The van der Waals surface area contributed by atoms with Gasteiger partial charge in [0.15, 0.2) is 11.6 Å². The number of nitrogens with two attached hydrogens (primary N) is 1. The van der Waals surface area contributed by atoms with Gasteiger partial charge in [-0.25, -0.2) is 8.78 Å². The van der Waals surface area contributed by atoms with Gasteiger partial charge in [-0.3, -0.25) is 0 Å². The standard InChI is InChI=1S/C16H15ClF2N2O.C2H6/c1-3-6-22-13-8-11(18)14(19)16(15(13)20)21-12-5-4-9(2)7-10(12)17;1-2/h3-5,7-8,21H,1,6,20H2,2H3;1-2H3. The van der Waals surface area contributed by atoms with E-state index in [-0.39, 0.29) is 23.7 Å². The van der Waals surface area contributed by atoms with E-state index in [4.69, 9.17) is 22.1 Å². The fraction of sp³-hybridized carbons (Fsp3) is 0.222. The minimum absolute atomic E-state index is 0.0320. The van der Waals surface area contributed by atoms with Crippen molar-refractivity contribution in [3.8, 4) is 5.75 Å². The van der Waals surface area contributed by atoms with E-state index in [1.165, 1.54) is 6.08 Å². The Bertz CT molecular complexity index is 721. The molecule has 0 aliphatic heterocycles. The predicted octanol–water partition coefficient (Wildman–Crippen LogP) is 5.84. The molecule has 6 heteroatoms. The molecule has 24 heavy (non-hydrogen) atoms. The zero-order chi connectivity index (χ0) is 18.3. The van der Waals surface area contributed by atoms with Gasteiger partial charge in [0.1, 0.15) is 23.7 Å². The quantitative estimate of drug-likeness (QED) is 0.523. The molecule has 3 N–H and O–H groups in total. The Morgan fingerprint density at radius 3 is 2.54 bits per heavy atom. The van der Waals surface area contributed by atoms with Gasteiger partial charge in [0.2, 0.25) is 0 Å². The number of benzene rings is 2. The van der Waals surface area contributed by atoms with Crippen molar-refractivity contribution in [1.29, 1.82) is 0 Å². The summed E-state index contributed by atoms with van der Waals surface area (Å²) in [5.74, 6) is -2.14. The molecule has 0 spiro atoms. The number of halogens is 3. The summed E-state index contributed by atoms with van der Waals surface area (Å²) < 4.78 is 33.0. The minimum Gasteiger partial charge on any atom is -0.487 e. The van der Waals surface area contributed by atoms with Gasteiger partial charge >= 0.3 is 0 Å². The molecule has 2 aromatic carbocycles. The minimum atomic E-state index is -1.10. The van der Waals surface area contributed by atoms with E-state index >= 15 is 0 Å². The van der Waals surface area contributed by atoms with Gasteiger partial charge in [0.05, 0.1) is 10.7 Å². The Hall–Kier alpha value is -2.27. The van der Waals surface area contributed by atoms with Gasteiger partial charge in [0, 0.05) is 6.07 Å². The first-order valence-corrected chi connectivity index (χ1v) is 7.86. The highest BCUT2D eigenvalue weighted by molar-refractivity contribution is 6.33. The molecule has 0 atom stereocenters. The van der Waals surface area contributed by atoms with Crippen LogP contribution in [0.2, 0.25) is 5.02 Å². The number of hydrogen-bond donors (Lipinski definition) is 2. The lowest BCUT2D eigenvalue weighted by atomic mass is 10.2. The maximum absolute atomic E-state index is 14.0. The maximum atomic E-state index is 14.0. The Kier molecular flexibility index (Phi) is 7.52. The molecule has 0 bridgehead atoms. The Morgan fingerprint density at radius 1 is 1.29 bits per heavy atom. The molecule has 0 aliphatic carbocycles. The van der Waals surface area contributed by atoms with Crippen molar-refractivity contribution in [2.75, 3.05) is 17.7 Å². The summed E-state index contributed by atoms with van der Waals surface area (Å²) in [7, 11) is 0. The van der Waals surface area contributed by atoms with E-state index in [0.717, 1.165) is 11.6 Å². The first kappa shape index (κ1) is 19.8. The molecule has 0 fully saturated rings. The number of ether oxygens (including phenoxy) is 1. The molecular formula is C18H21ClF2N2O. The highest BCUT2D eigenvalue weighted by atomic mass is 35.5. The molecule has 2 aromatic rings. The first-order chi connectivity index (χ1) is 11.4. The van der Waals surface area contributed by atoms with Crippen molar-refractivity contribution in [1.82, 2.24) is 0 Å². The van der Waals surface area contributed by atoms with E-state index < -0.39 is 11.6 Å². The lowest BCUT2D eigenvalue weighted by Crippen LogP contribution is -2.06. The topological polar surface area (TPSA) is 47.3 Å². The summed E-state index contributed by atoms with van der Waals surface area (Å²) in [5, 5.41) is 3.09. The normalized spacial score (nSPS) is 9.75. The highest BCUT2D eigenvalue weighted by Gasteiger charge is 2.18. The molecule has 0 heterocycles. The van der Waals surface area contributed by atoms with Crippen LogP contribution in [-0.4, -0.2) is 6.61 Å². The number of anilines is 3. The number of nitrogen functional groups attached to an aromatic ring is 1. The van der Waals surface area contributed by atoms with Crippen molar-refractivity contribution in [2.45, 2.75) is 20.8 Å². The smallest absolute Gasteiger partial charge is 0.184 e. The van der Waals surface area contributed by atoms with Crippen LogP contribution in [0, 0.1) is 18.6 Å². The van der Waals surface area contributed by atoms with Crippen LogP contribution < -0.4 is 15.8 Å². The van der Waals surface area contributed by atoms with Crippen LogP contribution in [0.4, 0.5) is 25.8 Å². The Labute approximate surface area is 146 Å². The highest BCUT2D eigenvalue weighted by Crippen LogP contribution is 2.37. The number of hydrogen-bond acceptors (Lipinski definition) is 3. The summed E-state index contributed by atoms with van der Waals surface area (Å²) in [4.78, 5) is 0. The monoisotopic (exact) mass is 354 g/mol. The second-order valence-electron chi connectivity index (χ2n) is 4.67. The first-order valence-electron chi connectivity index (χ1n) is 7.48. The van der Waals surface area contributed by atoms with E-state index in [9.17, 15) is 8.78 Å². The zero-order valence-corrected chi connectivity index (χ0v) is 14.7. The summed E-state index contributed by atoms with van der Waals surface area (Å²) in [6.45, 7) is 9.48. The second-order valence-corrected chi connectivity index (χ2v) is 5.07. The maximum Gasteiger partial charge on any atom is 0.184 e. The van der Waals surface area contributed by atoms with Crippen LogP contribution in [0.1, 0.15) is 19.4 Å². The molecule has 0 aromatic heterocycles. The lowest BCUT2D eigenvalue weighted by Gasteiger charge is -2.16. The molecule has 130 valence electrons. The molecule has 0 radical (unpaired) electrons. The van der Waals surface area contributed by atoms with Crippen LogP contribution in [0.25, 0.3) is 0 Å². The molecular weight excluding hydrogens is 334 g/mol. The average Bonchev–Trinajstić information content (AvgIpc) is 2.57. The van der Waals surface area contributed by atoms with Crippen LogP contribution in [0.5, 0.6) is 5.75 Å². The van der Waals surface area contributed by atoms with Crippen LogP contribution in [-0.2, 0) is 0 Å². The summed E-state index contributed by atoms with van der Waals surface area (Å²) in [6, 6.07) is 6.05. The van der Waals surface area contributed by atoms with Gasteiger partial charge < -0.3 is 15.8 Å². The van der Waals surface area contributed by atoms with E-state index in [2.05, 4.69) is 11.9 Å². The third kappa shape index (κ3) is 4.61. The predicted molar refractivity (Wildman–Crippen MR) is 97.3 cm³/mol. The lowest BCUT2D eigenvalue weighted by molar-refractivity contribution is 0.361. The van der Waals surface area contributed by atoms with Gasteiger partial charge in [-0.2, -0.15) is 0 Å². The number of rotatable bonds is 5. The van der Waals surface area contributed by atoms with Crippen LogP contribution in [0.15, 0.2) is 36.9 Å². The van der Waals surface area contributed by atoms with Crippen molar-refractivity contribution in [3.05, 3.63) is 59.1 Å². The molecule has 3 nitrogen and oxygen atoms in total. The fourth-order valence-corrected chi connectivity index (χ4v) is 2.15. The molecule has 0 amide bonds. The van der Waals surface area contributed by atoms with E-state index in [0.29, 0.717) is 10.7 Å². The van der Waals surface area contributed by atoms with Crippen molar-refractivity contribution in [3.63, 3.8) is 0 Å². The van der Waals surface area contributed by atoms with Crippen molar-refractivity contribution < 1.29 is 13.5 Å². The molecule has 0 saturated heterocycles. The van der Waals surface area contributed by atoms with Crippen molar-refractivity contribution >= 4 is 28.7 Å². The summed E-state index contributed by atoms with van der Waals surface area (Å²) in [5.41, 5.74) is 6.95. The second kappa shape index (κ2) is 9.13. The van der Waals surface area contributed by atoms with Gasteiger partial charge in [-0.15, -0.1) is 0 Å². The number of nitrogens with one attached hydrogen (secondary N) is 1. The molecule has 0 aliphatic rings. The van der Waals surface area contributed by atoms with E-state index in [1.807, 2.05) is 20.8 Å². The van der Waals surface area contributed by atoms with Crippen molar-refractivity contribution in [2.24, 2.45) is 0 Å². The summed E-state index contributed by atoms with van der Waals surface area (Å²) >= 11 is 6.08. The average molecular weight is 355 g/mol. The Balaban J connectivity index is 0.00000139. The zero-order valence-electron chi connectivity index (χ0n) is 13.9. The van der Waals surface area contributed by atoms with Gasteiger partial charge in [-0.05, 0) is 24.6 Å². The van der Waals surface area contributed by atoms with Gasteiger partial charge in [-0.1, -0.05) is 44.2 Å². The molecule has 0 saturated carbocycles. The SMILES string of the molecule is C=CCOc1cc(F)c(F)c(Nc2ccc(C)cc2Cl)c1N.CC. The molecule has 2 rings (SSSR count). The third-order valence-electron chi connectivity index (χ3n) is 2.96. The Morgan fingerprint density at radius 2 is 1.96 bits per heavy atom. The third-order valence-corrected chi connectivity index (χ3v) is 3.28. The fourth-order valence-electron chi connectivity index (χ4n) is 1.86.